The molecule has 3 rings (SSSR count). The Balaban J connectivity index is 1.55. The van der Waals surface area contributed by atoms with Crippen LogP contribution in [-0.2, 0) is 13.1 Å². The van der Waals surface area contributed by atoms with Crippen LogP contribution in [0.2, 0.25) is 0 Å². The Morgan fingerprint density at radius 3 is 1.77 bits per heavy atom. The van der Waals surface area contributed by atoms with Gasteiger partial charge in [0, 0.05) is 13.1 Å². The van der Waals surface area contributed by atoms with Crippen LogP contribution in [0.4, 0.5) is 0 Å². The predicted molar refractivity (Wildman–Crippen MR) is 92.0 cm³/mol. The van der Waals surface area contributed by atoms with Gasteiger partial charge in [-0.1, -0.05) is 78.9 Å². The zero-order valence-corrected chi connectivity index (χ0v) is 12.5. The summed E-state index contributed by atoms with van der Waals surface area (Å²) in [6.45, 7) is 1.62. The molecule has 0 fully saturated rings. The van der Waals surface area contributed by atoms with Gasteiger partial charge in [-0.3, -0.25) is 10.9 Å². The Bertz CT molecular complexity index is 693. The van der Waals surface area contributed by atoms with Crippen LogP contribution in [0.3, 0.4) is 0 Å². The minimum Gasteiger partial charge on any atom is -0.253 e. The summed E-state index contributed by atoms with van der Waals surface area (Å²) in [5.41, 5.74) is 11.6. The molecular weight excluding hydrogens is 268 g/mol. The molecule has 22 heavy (non-hydrogen) atoms. The fraction of sp³-hybridized carbons (Fsp3) is 0.100. The SMILES string of the molecule is c1ccc(CNNCc2cccc(-c3ccccc3)c2)cc1. The lowest BCUT2D eigenvalue weighted by Gasteiger charge is -2.09. The molecule has 0 aliphatic heterocycles. The molecule has 2 nitrogen and oxygen atoms in total. The summed E-state index contributed by atoms with van der Waals surface area (Å²) in [5, 5.41) is 0. The molecule has 0 aliphatic carbocycles. The van der Waals surface area contributed by atoms with Crippen LogP contribution >= 0.6 is 0 Å². The molecular formula is C20H20N2. The van der Waals surface area contributed by atoms with Gasteiger partial charge in [-0.2, -0.15) is 0 Å². The first kappa shape index (κ1) is 14.5. The third-order valence-corrected chi connectivity index (χ3v) is 3.59. The molecule has 0 heterocycles. The van der Waals surface area contributed by atoms with Gasteiger partial charge in [0.05, 0.1) is 0 Å². The largest absolute Gasteiger partial charge is 0.253 e. The minimum absolute atomic E-state index is 0.799. The van der Waals surface area contributed by atoms with E-state index in [-0.39, 0.29) is 0 Å². The molecule has 0 atom stereocenters. The molecule has 0 amide bonds. The first-order valence-electron chi connectivity index (χ1n) is 7.56. The van der Waals surface area contributed by atoms with Gasteiger partial charge in [0.15, 0.2) is 0 Å². The van der Waals surface area contributed by atoms with Crippen molar-refractivity contribution in [3.63, 3.8) is 0 Å². The van der Waals surface area contributed by atoms with Crippen LogP contribution in [-0.4, -0.2) is 0 Å². The summed E-state index contributed by atoms with van der Waals surface area (Å²) in [6, 6.07) is 29.5. The van der Waals surface area contributed by atoms with Gasteiger partial charge in [0.2, 0.25) is 0 Å². The average Bonchev–Trinajstić information content (AvgIpc) is 2.61. The van der Waals surface area contributed by atoms with E-state index in [4.69, 9.17) is 0 Å². The van der Waals surface area contributed by atoms with Crippen molar-refractivity contribution >= 4 is 0 Å². The quantitative estimate of drug-likeness (QED) is 0.526. The zero-order chi connectivity index (χ0) is 15.0. The fourth-order valence-corrected chi connectivity index (χ4v) is 2.42. The van der Waals surface area contributed by atoms with E-state index in [2.05, 4.69) is 83.6 Å². The molecule has 3 aromatic rings. The van der Waals surface area contributed by atoms with Gasteiger partial charge in [-0.05, 0) is 28.3 Å². The summed E-state index contributed by atoms with van der Waals surface area (Å²) >= 11 is 0. The Morgan fingerprint density at radius 1 is 0.500 bits per heavy atom. The first-order valence-corrected chi connectivity index (χ1v) is 7.56. The average molecular weight is 288 g/mol. The summed E-state index contributed by atoms with van der Waals surface area (Å²) < 4.78 is 0. The van der Waals surface area contributed by atoms with Crippen molar-refractivity contribution in [1.82, 2.24) is 10.9 Å². The fourth-order valence-electron chi connectivity index (χ4n) is 2.42. The summed E-state index contributed by atoms with van der Waals surface area (Å²) in [4.78, 5) is 0. The van der Waals surface area contributed by atoms with Crippen molar-refractivity contribution < 1.29 is 0 Å². The first-order chi connectivity index (χ1) is 10.9. The van der Waals surface area contributed by atoms with E-state index in [1.807, 2.05) is 12.1 Å². The van der Waals surface area contributed by atoms with E-state index in [1.165, 1.54) is 22.3 Å². The highest BCUT2D eigenvalue weighted by molar-refractivity contribution is 5.63. The van der Waals surface area contributed by atoms with E-state index < -0.39 is 0 Å². The van der Waals surface area contributed by atoms with Gasteiger partial charge in [0.1, 0.15) is 0 Å². The molecule has 110 valence electrons. The van der Waals surface area contributed by atoms with Crippen LogP contribution in [0, 0.1) is 0 Å². The highest BCUT2D eigenvalue weighted by atomic mass is 15.3. The molecule has 0 aliphatic rings. The Labute approximate surface area is 131 Å². The van der Waals surface area contributed by atoms with Crippen molar-refractivity contribution in [1.29, 1.82) is 0 Å². The minimum atomic E-state index is 0.799. The maximum Gasteiger partial charge on any atom is 0.0351 e. The third-order valence-electron chi connectivity index (χ3n) is 3.59. The lowest BCUT2D eigenvalue weighted by molar-refractivity contribution is 0.530. The van der Waals surface area contributed by atoms with Crippen LogP contribution in [0.15, 0.2) is 84.9 Å². The smallest absolute Gasteiger partial charge is 0.0351 e. The second-order valence-electron chi connectivity index (χ2n) is 5.26. The molecule has 0 bridgehead atoms. The van der Waals surface area contributed by atoms with E-state index in [9.17, 15) is 0 Å². The van der Waals surface area contributed by atoms with Crippen LogP contribution < -0.4 is 10.9 Å². The molecule has 0 spiro atoms. The summed E-state index contributed by atoms with van der Waals surface area (Å²) in [5.74, 6) is 0. The maximum absolute atomic E-state index is 3.28. The molecule has 0 saturated heterocycles. The van der Waals surface area contributed by atoms with Crippen molar-refractivity contribution in [2.75, 3.05) is 0 Å². The van der Waals surface area contributed by atoms with Gasteiger partial charge >= 0.3 is 0 Å². The van der Waals surface area contributed by atoms with Gasteiger partial charge in [-0.15, -0.1) is 0 Å². The van der Waals surface area contributed by atoms with Crippen molar-refractivity contribution in [2.24, 2.45) is 0 Å². The Morgan fingerprint density at radius 2 is 1.05 bits per heavy atom. The summed E-state index contributed by atoms with van der Waals surface area (Å²) in [6.07, 6.45) is 0. The molecule has 3 aromatic carbocycles. The van der Waals surface area contributed by atoms with Gasteiger partial charge in [0.25, 0.3) is 0 Å². The van der Waals surface area contributed by atoms with Crippen molar-refractivity contribution in [2.45, 2.75) is 13.1 Å². The Hall–Kier alpha value is -2.42. The number of nitrogens with one attached hydrogen (secondary N) is 2. The monoisotopic (exact) mass is 288 g/mol. The predicted octanol–water partition coefficient (Wildman–Crippen LogP) is 4.15. The second-order valence-corrected chi connectivity index (χ2v) is 5.26. The molecule has 2 heteroatoms. The van der Waals surface area contributed by atoms with Crippen LogP contribution in [0.25, 0.3) is 11.1 Å². The molecule has 0 aromatic heterocycles. The zero-order valence-electron chi connectivity index (χ0n) is 12.5. The number of hydrogen-bond donors (Lipinski definition) is 2. The molecule has 0 unspecified atom stereocenters. The normalized spacial score (nSPS) is 10.5. The molecule has 2 N–H and O–H groups in total. The molecule has 0 saturated carbocycles. The highest BCUT2D eigenvalue weighted by Gasteiger charge is 1.98. The number of rotatable bonds is 6. The Kier molecular flexibility index (Phi) is 4.98. The lowest BCUT2D eigenvalue weighted by atomic mass is 10.0. The van der Waals surface area contributed by atoms with E-state index in [0.717, 1.165) is 13.1 Å². The van der Waals surface area contributed by atoms with Crippen LogP contribution in [0.1, 0.15) is 11.1 Å². The van der Waals surface area contributed by atoms with Crippen LogP contribution in [0.5, 0.6) is 0 Å². The van der Waals surface area contributed by atoms with E-state index >= 15 is 0 Å². The maximum atomic E-state index is 3.28. The van der Waals surface area contributed by atoms with Crippen molar-refractivity contribution in [3.05, 3.63) is 96.1 Å². The van der Waals surface area contributed by atoms with Crippen molar-refractivity contribution in [3.8, 4) is 11.1 Å². The lowest BCUT2D eigenvalue weighted by Crippen LogP contribution is -2.30. The topological polar surface area (TPSA) is 24.1 Å². The molecule has 0 radical (unpaired) electrons. The standard InChI is InChI=1S/C20H20N2/c1-3-8-17(9-4-1)15-21-22-16-18-10-7-13-20(14-18)19-11-5-2-6-12-19/h1-14,21-22H,15-16H2. The highest BCUT2D eigenvalue weighted by Crippen LogP contribution is 2.19. The second kappa shape index (κ2) is 7.55. The number of hydrazine groups is 1. The van der Waals surface area contributed by atoms with E-state index in [1.54, 1.807) is 0 Å². The summed E-state index contributed by atoms with van der Waals surface area (Å²) in [7, 11) is 0. The van der Waals surface area contributed by atoms with E-state index in [0.29, 0.717) is 0 Å². The number of benzene rings is 3. The van der Waals surface area contributed by atoms with Gasteiger partial charge in [-0.25, -0.2) is 0 Å². The number of hydrogen-bond acceptors (Lipinski definition) is 2. The van der Waals surface area contributed by atoms with Gasteiger partial charge < -0.3 is 0 Å². The third kappa shape index (κ3) is 4.04.